The zero-order chi connectivity index (χ0) is 17.2. The van der Waals surface area contributed by atoms with Gasteiger partial charge in [-0.2, -0.15) is 0 Å². The Kier molecular flexibility index (Phi) is 4.07. The van der Waals surface area contributed by atoms with Crippen LogP contribution in [0.5, 0.6) is 0 Å². The van der Waals surface area contributed by atoms with Crippen molar-refractivity contribution >= 4 is 34.8 Å². The molecule has 0 heterocycles. The summed E-state index contributed by atoms with van der Waals surface area (Å²) in [7, 11) is 0. The van der Waals surface area contributed by atoms with Crippen LogP contribution in [0, 0.1) is 0 Å². The number of hydrogen-bond donors (Lipinski definition) is 0. The molecule has 0 unspecified atom stereocenters. The van der Waals surface area contributed by atoms with Crippen molar-refractivity contribution in [2.24, 2.45) is 4.99 Å². The first kappa shape index (κ1) is 15.6. The number of fused-ring (bicyclic) bond motifs is 2. The molecule has 4 rings (SSSR count). The minimum atomic E-state index is 0.971. The Morgan fingerprint density at radius 3 is 2.60 bits per heavy atom. The maximum atomic E-state index is 4.40. The number of rotatable bonds is 3. The van der Waals surface area contributed by atoms with Crippen LogP contribution >= 0.6 is 0 Å². The van der Waals surface area contributed by atoms with Gasteiger partial charge in [-0.25, -0.2) is 0 Å². The molecule has 0 N–H and O–H groups in total. The molecule has 1 nitrogen and oxygen atoms in total. The number of allylic oxidation sites excluding steroid dienone is 3. The average Bonchev–Trinajstić information content (AvgIpc) is 2.68. The van der Waals surface area contributed by atoms with Crippen molar-refractivity contribution in [3.63, 3.8) is 0 Å². The molecule has 122 valence electrons. The van der Waals surface area contributed by atoms with Gasteiger partial charge >= 0.3 is 0 Å². The lowest BCUT2D eigenvalue weighted by Crippen LogP contribution is -2.00. The molecule has 25 heavy (non-hydrogen) atoms. The summed E-state index contributed by atoms with van der Waals surface area (Å²) >= 11 is 0. The van der Waals surface area contributed by atoms with Gasteiger partial charge in [0.15, 0.2) is 0 Å². The Morgan fingerprint density at radius 2 is 1.76 bits per heavy atom. The Labute approximate surface area is 149 Å². The zero-order valence-electron chi connectivity index (χ0n) is 14.5. The van der Waals surface area contributed by atoms with Gasteiger partial charge in [-0.3, -0.25) is 4.99 Å². The van der Waals surface area contributed by atoms with E-state index in [1.54, 1.807) is 0 Å². The molecule has 3 aromatic carbocycles. The van der Waals surface area contributed by atoms with Crippen LogP contribution in [0.3, 0.4) is 0 Å². The number of hydrogen-bond acceptors (Lipinski definition) is 1. The average molecular weight is 323 g/mol. The van der Waals surface area contributed by atoms with Gasteiger partial charge in [0.05, 0.1) is 5.69 Å². The van der Waals surface area contributed by atoms with Gasteiger partial charge in [0, 0.05) is 10.9 Å². The van der Waals surface area contributed by atoms with E-state index >= 15 is 0 Å². The topological polar surface area (TPSA) is 12.4 Å². The van der Waals surface area contributed by atoms with E-state index in [2.05, 4.69) is 91.4 Å². The molecular formula is C24H21N. The molecule has 1 heteroatoms. The van der Waals surface area contributed by atoms with E-state index in [0.717, 1.165) is 18.5 Å². The zero-order valence-corrected chi connectivity index (χ0v) is 14.5. The minimum Gasteiger partial charge on any atom is -0.263 e. The molecule has 0 atom stereocenters. The van der Waals surface area contributed by atoms with Gasteiger partial charge in [-0.15, -0.1) is 0 Å². The van der Waals surface area contributed by atoms with Gasteiger partial charge in [0.1, 0.15) is 0 Å². The lowest BCUT2D eigenvalue weighted by molar-refractivity contribution is 1.13. The van der Waals surface area contributed by atoms with Crippen LogP contribution in [-0.4, -0.2) is 6.72 Å². The number of nitrogens with zero attached hydrogens (tertiary/aromatic N) is 1. The SMILES string of the molecule is C=Nc1c(/C(CC)=C2/C=Cc3ccccc3C2)ccc2ccccc12. The first-order valence-electron chi connectivity index (χ1n) is 8.78. The van der Waals surface area contributed by atoms with E-state index in [4.69, 9.17) is 0 Å². The highest BCUT2D eigenvalue weighted by Crippen LogP contribution is 2.38. The van der Waals surface area contributed by atoms with Crippen LogP contribution in [0.2, 0.25) is 0 Å². The predicted octanol–water partition coefficient (Wildman–Crippen LogP) is 6.61. The fraction of sp³-hybridized carbons (Fsp3) is 0.125. The summed E-state index contributed by atoms with van der Waals surface area (Å²) in [5, 5.41) is 2.38. The van der Waals surface area contributed by atoms with Gasteiger partial charge in [-0.05, 0) is 47.2 Å². The number of benzene rings is 3. The van der Waals surface area contributed by atoms with Gasteiger partial charge in [0.2, 0.25) is 0 Å². The van der Waals surface area contributed by atoms with Crippen molar-refractivity contribution in [1.29, 1.82) is 0 Å². The van der Waals surface area contributed by atoms with Gasteiger partial charge in [0.25, 0.3) is 0 Å². The van der Waals surface area contributed by atoms with Crippen LogP contribution in [-0.2, 0) is 6.42 Å². The molecule has 0 amide bonds. The van der Waals surface area contributed by atoms with Crippen molar-refractivity contribution in [3.05, 3.63) is 89.0 Å². The van der Waals surface area contributed by atoms with Crippen LogP contribution in [0.15, 0.2) is 77.3 Å². The second kappa shape index (κ2) is 6.52. The molecule has 0 radical (unpaired) electrons. The largest absolute Gasteiger partial charge is 0.263 e. The third-order valence-electron chi connectivity index (χ3n) is 5.03. The van der Waals surface area contributed by atoms with Gasteiger partial charge in [-0.1, -0.05) is 79.7 Å². The second-order valence-electron chi connectivity index (χ2n) is 6.41. The molecular weight excluding hydrogens is 302 g/mol. The normalized spacial score (nSPS) is 15.1. The summed E-state index contributed by atoms with van der Waals surface area (Å²) in [6.45, 7) is 6.07. The van der Waals surface area contributed by atoms with Crippen molar-refractivity contribution in [1.82, 2.24) is 0 Å². The van der Waals surface area contributed by atoms with Gasteiger partial charge < -0.3 is 0 Å². The Balaban J connectivity index is 1.91. The first-order chi connectivity index (χ1) is 12.3. The molecule has 0 aromatic heterocycles. The quantitative estimate of drug-likeness (QED) is 0.481. The molecule has 0 fully saturated rings. The van der Waals surface area contributed by atoms with E-state index in [1.807, 2.05) is 0 Å². The molecule has 0 saturated carbocycles. The van der Waals surface area contributed by atoms with Crippen LogP contribution in [0.4, 0.5) is 5.69 Å². The summed E-state index contributed by atoms with van der Waals surface area (Å²) in [4.78, 5) is 4.40. The lowest BCUT2D eigenvalue weighted by atomic mass is 9.86. The highest BCUT2D eigenvalue weighted by atomic mass is 14.7. The molecule has 3 aromatic rings. The molecule has 0 saturated heterocycles. The standard InChI is InChI=1S/C24H21N/c1-3-21(20-13-12-17-8-4-5-10-19(17)16-20)23-15-14-18-9-6-7-11-22(18)24(23)25-2/h4-15H,2-3,16H2,1H3/b21-20-. The highest BCUT2D eigenvalue weighted by molar-refractivity contribution is 5.99. The second-order valence-corrected chi connectivity index (χ2v) is 6.41. The summed E-state index contributed by atoms with van der Waals surface area (Å²) < 4.78 is 0. The highest BCUT2D eigenvalue weighted by Gasteiger charge is 2.15. The van der Waals surface area contributed by atoms with Crippen molar-refractivity contribution < 1.29 is 0 Å². The van der Waals surface area contributed by atoms with Crippen molar-refractivity contribution in [2.45, 2.75) is 19.8 Å². The fourth-order valence-electron chi connectivity index (χ4n) is 3.78. The summed E-state index contributed by atoms with van der Waals surface area (Å²) in [5.74, 6) is 0. The first-order valence-corrected chi connectivity index (χ1v) is 8.78. The van der Waals surface area contributed by atoms with E-state index < -0.39 is 0 Å². The Hall–Kier alpha value is -2.93. The lowest BCUT2D eigenvalue weighted by Gasteiger charge is -2.19. The molecule has 1 aliphatic rings. The smallest absolute Gasteiger partial charge is 0.0775 e. The van der Waals surface area contributed by atoms with Crippen LogP contribution in [0.1, 0.15) is 30.0 Å². The molecule has 0 aliphatic heterocycles. The minimum absolute atomic E-state index is 0.971. The summed E-state index contributed by atoms with van der Waals surface area (Å²) in [6.07, 6.45) is 6.44. The maximum absolute atomic E-state index is 4.40. The van der Waals surface area contributed by atoms with E-state index in [0.29, 0.717) is 0 Å². The third-order valence-corrected chi connectivity index (χ3v) is 5.03. The number of aliphatic imine (C=N–C) groups is 1. The maximum Gasteiger partial charge on any atom is 0.0775 e. The monoisotopic (exact) mass is 323 g/mol. The van der Waals surface area contributed by atoms with E-state index in [-0.39, 0.29) is 0 Å². The molecule has 1 aliphatic carbocycles. The molecule has 0 spiro atoms. The van der Waals surface area contributed by atoms with Crippen LogP contribution in [0.25, 0.3) is 22.4 Å². The van der Waals surface area contributed by atoms with Crippen molar-refractivity contribution in [3.8, 4) is 0 Å². The van der Waals surface area contributed by atoms with E-state index in [9.17, 15) is 0 Å². The van der Waals surface area contributed by atoms with Crippen molar-refractivity contribution in [2.75, 3.05) is 0 Å². The third kappa shape index (κ3) is 2.72. The van der Waals surface area contributed by atoms with Crippen LogP contribution < -0.4 is 0 Å². The Morgan fingerprint density at radius 1 is 0.960 bits per heavy atom. The molecule has 0 bridgehead atoms. The van der Waals surface area contributed by atoms with E-state index in [1.165, 1.54) is 38.6 Å². The Bertz CT molecular complexity index is 1020. The summed E-state index contributed by atoms with van der Waals surface area (Å²) in [6, 6.07) is 21.4. The predicted molar refractivity (Wildman–Crippen MR) is 110 cm³/mol. The fourth-order valence-corrected chi connectivity index (χ4v) is 3.78. The summed E-state index contributed by atoms with van der Waals surface area (Å²) in [5.41, 5.74) is 7.65.